The standard InChI is InChI=1S/C9H6BrF2NO4/c1-4(14)5-2-6(10)8(17-9(11)12)3-7(5)13(15)16/h2-3,9H,1H3. The fourth-order valence-electron chi connectivity index (χ4n) is 1.16. The second-order valence-electron chi connectivity index (χ2n) is 2.99. The summed E-state index contributed by atoms with van der Waals surface area (Å²) in [7, 11) is 0. The molecular weight excluding hydrogens is 304 g/mol. The lowest BCUT2D eigenvalue weighted by molar-refractivity contribution is -0.385. The van der Waals surface area contributed by atoms with Gasteiger partial charge in [-0.05, 0) is 28.9 Å². The number of alkyl halides is 2. The van der Waals surface area contributed by atoms with Crippen molar-refractivity contribution in [2.45, 2.75) is 13.5 Å². The van der Waals surface area contributed by atoms with Crippen LogP contribution in [0.25, 0.3) is 0 Å². The van der Waals surface area contributed by atoms with E-state index in [2.05, 4.69) is 20.7 Å². The highest BCUT2D eigenvalue weighted by atomic mass is 79.9. The lowest BCUT2D eigenvalue weighted by Crippen LogP contribution is -2.06. The molecule has 1 aromatic carbocycles. The predicted molar refractivity (Wildman–Crippen MR) is 57.4 cm³/mol. The number of carbonyl (C=O) groups is 1. The second-order valence-corrected chi connectivity index (χ2v) is 3.85. The predicted octanol–water partition coefficient (Wildman–Crippen LogP) is 3.16. The van der Waals surface area contributed by atoms with Crippen LogP contribution in [0.5, 0.6) is 5.75 Å². The molecule has 0 radical (unpaired) electrons. The van der Waals surface area contributed by atoms with Gasteiger partial charge in [0, 0.05) is 0 Å². The maximum absolute atomic E-state index is 12.0. The number of nitrogens with zero attached hydrogens (tertiary/aromatic N) is 1. The van der Waals surface area contributed by atoms with Gasteiger partial charge in [0.1, 0.15) is 5.75 Å². The highest BCUT2D eigenvalue weighted by molar-refractivity contribution is 9.10. The molecular formula is C9H6BrF2NO4. The molecule has 0 aliphatic heterocycles. The van der Waals surface area contributed by atoms with Crippen LogP contribution in [-0.2, 0) is 0 Å². The van der Waals surface area contributed by atoms with E-state index in [1.807, 2.05) is 0 Å². The van der Waals surface area contributed by atoms with Crippen LogP contribution in [0.4, 0.5) is 14.5 Å². The highest BCUT2D eigenvalue weighted by Crippen LogP contribution is 2.34. The molecule has 0 N–H and O–H groups in total. The molecule has 17 heavy (non-hydrogen) atoms. The summed E-state index contributed by atoms with van der Waals surface area (Å²) >= 11 is 2.89. The first-order valence-corrected chi connectivity index (χ1v) is 5.06. The van der Waals surface area contributed by atoms with Gasteiger partial charge in [0.25, 0.3) is 5.69 Å². The molecule has 0 aromatic heterocycles. The average Bonchev–Trinajstić information content (AvgIpc) is 2.19. The molecule has 0 saturated carbocycles. The molecule has 0 bridgehead atoms. The molecule has 0 spiro atoms. The Morgan fingerprint density at radius 1 is 1.53 bits per heavy atom. The third-order valence-electron chi connectivity index (χ3n) is 1.84. The quantitative estimate of drug-likeness (QED) is 0.486. The van der Waals surface area contributed by atoms with Gasteiger partial charge in [0.2, 0.25) is 0 Å². The van der Waals surface area contributed by atoms with Crippen molar-refractivity contribution in [3.63, 3.8) is 0 Å². The van der Waals surface area contributed by atoms with Crippen LogP contribution in [0.2, 0.25) is 0 Å². The molecule has 8 heteroatoms. The summed E-state index contributed by atoms with van der Waals surface area (Å²) in [6.45, 7) is -1.96. The fraction of sp³-hybridized carbons (Fsp3) is 0.222. The molecule has 92 valence electrons. The number of nitro groups is 1. The van der Waals surface area contributed by atoms with Gasteiger partial charge < -0.3 is 4.74 Å². The Morgan fingerprint density at radius 3 is 2.53 bits per heavy atom. The van der Waals surface area contributed by atoms with Crippen molar-refractivity contribution in [1.29, 1.82) is 0 Å². The van der Waals surface area contributed by atoms with Gasteiger partial charge in [0.05, 0.1) is 21.0 Å². The number of halogens is 3. The Morgan fingerprint density at radius 2 is 2.12 bits per heavy atom. The Bertz CT molecular complexity index is 478. The van der Waals surface area contributed by atoms with Crippen LogP contribution < -0.4 is 4.74 Å². The summed E-state index contributed by atoms with van der Waals surface area (Å²) in [5, 5.41) is 10.7. The number of carbonyl (C=O) groups excluding carboxylic acids is 1. The van der Waals surface area contributed by atoms with Crippen molar-refractivity contribution in [2.75, 3.05) is 0 Å². The Kier molecular flexibility index (Phi) is 4.11. The summed E-state index contributed by atoms with van der Waals surface area (Å²) in [5.41, 5.74) is -0.750. The smallest absolute Gasteiger partial charge is 0.387 e. The topological polar surface area (TPSA) is 69.4 Å². The van der Waals surface area contributed by atoms with Crippen molar-refractivity contribution >= 4 is 27.4 Å². The van der Waals surface area contributed by atoms with Crippen LogP contribution in [-0.4, -0.2) is 17.3 Å². The van der Waals surface area contributed by atoms with E-state index in [0.29, 0.717) is 0 Å². The molecule has 0 aliphatic rings. The molecule has 0 amide bonds. The first-order chi connectivity index (χ1) is 7.82. The largest absolute Gasteiger partial charge is 0.433 e. The van der Waals surface area contributed by atoms with Crippen molar-refractivity contribution in [2.24, 2.45) is 0 Å². The van der Waals surface area contributed by atoms with Crippen molar-refractivity contribution in [1.82, 2.24) is 0 Å². The van der Waals surface area contributed by atoms with Crippen molar-refractivity contribution in [3.05, 3.63) is 32.3 Å². The number of ether oxygens (including phenoxy) is 1. The lowest BCUT2D eigenvalue weighted by Gasteiger charge is -2.08. The molecule has 0 atom stereocenters. The number of rotatable bonds is 4. The minimum Gasteiger partial charge on any atom is -0.433 e. The van der Waals surface area contributed by atoms with Crippen LogP contribution in [0, 0.1) is 10.1 Å². The van der Waals surface area contributed by atoms with E-state index >= 15 is 0 Å². The van der Waals surface area contributed by atoms with E-state index in [4.69, 9.17) is 0 Å². The zero-order valence-electron chi connectivity index (χ0n) is 8.45. The van der Waals surface area contributed by atoms with E-state index in [-0.39, 0.29) is 10.0 Å². The number of nitro benzene ring substituents is 1. The van der Waals surface area contributed by atoms with E-state index in [9.17, 15) is 23.7 Å². The first kappa shape index (κ1) is 13.5. The number of ketones is 1. The van der Waals surface area contributed by atoms with Crippen LogP contribution in [0.1, 0.15) is 17.3 Å². The lowest BCUT2D eigenvalue weighted by atomic mass is 10.1. The minimum absolute atomic E-state index is 0.0496. The zero-order chi connectivity index (χ0) is 13.2. The van der Waals surface area contributed by atoms with Gasteiger partial charge >= 0.3 is 6.61 Å². The van der Waals surface area contributed by atoms with Crippen molar-refractivity contribution < 1.29 is 23.2 Å². The summed E-state index contributed by atoms with van der Waals surface area (Å²) in [5.74, 6) is -0.933. The van der Waals surface area contributed by atoms with Gasteiger partial charge in [-0.1, -0.05) is 0 Å². The number of benzene rings is 1. The normalized spacial score (nSPS) is 10.4. The van der Waals surface area contributed by atoms with E-state index in [1.54, 1.807) is 0 Å². The number of hydrogen-bond donors (Lipinski definition) is 0. The maximum atomic E-state index is 12.0. The molecule has 0 fully saturated rings. The third-order valence-corrected chi connectivity index (χ3v) is 2.46. The van der Waals surface area contributed by atoms with Gasteiger partial charge in [-0.15, -0.1) is 0 Å². The summed E-state index contributed by atoms with van der Waals surface area (Å²) in [6.07, 6.45) is 0. The van der Waals surface area contributed by atoms with Gasteiger partial charge in [0.15, 0.2) is 5.78 Å². The first-order valence-electron chi connectivity index (χ1n) is 4.26. The Balaban J connectivity index is 3.34. The van der Waals surface area contributed by atoms with Gasteiger partial charge in [-0.2, -0.15) is 8.78 Å². The van der Waals surface area contributed by atoms with Crippen molar-refractivity contribution in [3.8, 4) is 5.75 Å². The van der Waals surface area contributed by atoms with Crippen LogP contribution in [0.3, 0.4) is 0 Å². The summed E-state index contributed by atoms with van der Waals surface area (Å²) in [4.78, 5) is 21.0. The summed E-state index contributed by atoms with van der Waals surface area (Å²) < 4.78 is 28.1. The molecule has 1 rings (SSSR count). The molecule has 1 aromatic rings. The number of Topliss-reactive ketones (excluding diaryl/α,β-unsaturated/α-hetero) is 1. The maximum Gasteiger partial charge on any atom is 0.387 e. The SMILES string of the molecule is CC(=O)c1cc(Br)c(OC(F)F)cc1[N+](=O)[O-]. The second kappa shape index (κ2) is 5.17. The van der Waals surface area contributed by atoms with E-state index in [0.717, 1.165) is 19.1 Å². The Hall–Kier alpha value is -1.57. The monoisotopic (exact) mass is 309 g/mol. The zero-order valence-corrected chi connectivity index (χ0v) is 10.0. The van der Waals surface area contributed by atoms with E-state index in [1.165, 1.54) is 0 Å². The fourth-order valence-corrected chi connectivity index (χ4v) is 1.60. The van der Waals surface area contributed by atoms with E-state index < -0.39 is 28.8 Å². The molecule has 0 aliphatic carbocycles. The molecule has 0 heterocycles. The minimum atomic E-state index is -3.10. The van der Waals surface area contributed by atoms with Gasteiger partial charge in [-0.3, -0.25) is 14.9 Å². The molecule has 5 nitrogen and oxygen atoms in total. The van der Waals surface area contributed by atoms with Crippen LogP contribution >= 0.6 is 15.9 Å². The molecule has 0 saturated heterocycles. The van der Waals surface area contributed by atoms with Gasteiger partial charge in [-0.25, -0.2) is 0 Å². The van der Waals surface area contributed by atoms with Crippen LogP contribution in [0.15, 0.2) is 16.6 Å². The highest BCUT2D eigenvalue weighted by Gasteiger charge is 2.22. The Labute approximate surface area is 103 Å². The summed E-state index contributed by atoms with van der Waals surface area (Å²) in [6, 6.07) is 1.87. The number of hydrogen-bond acceptors (Lipinski definition) is 4. The average molecular weight is 310 g/mol. The third kappa shape index (κ3) is 3.19. The molecule has 0 unspecified atom stereocenters.